The first-order chi connectivity index (χ1) is 5.54. The highest BCUT2D eigenvalue weighted by Crippen LogP contribution is 2.07. The molecule has 1 N–H and O–H groups in total. The van der Waals surface area contributed by atoms with Crippen LogP contribution in [0, 0.1) is 0 Å². The Morgan fingerprint density at radius 3 is 2.17 bits per heavy atom. The second-order valence-electron chi connectivity index (χ2n) is 2.82. The lowest BCUT2D eigenvalue weighted by Crippen LogP contribution is -1.99. The van der Waals surface area contributed by atoms with Gasteiger partial charge in [-0.15, -0.1) is 0 Å². The summed E-state index contributed by atoms with van der Waals surface area (Å²) in [6.07, 6.45) is 2.49. The summed E-state index contributed by atoms with van der Waals surface area (Å²) in [4.78, 5) is 20.7. The van der Waals surface area contributed by atoms with Crippen LogP contribution < -0.4 is 0 Å². The zero-order valence-electron chi connectivity index (χ0n) is 7.30. The molecule has 12 heavy (non-hydrogen) atoms. The zero-order chi connectivity index (χ0) is 9.56. The number of aliphatic carboxylic acids is 1. The Balaban J connectivity index is 3.38. The minimum atomic E-state index is -0.946. The zero-order valence-corrected chi connectivity index (χ0v) is 7.30. The van der Waals surface area contributed by atoms with Gasteiger partial charge in [-0.1, -0.05) is 6.58 Å². The number of carbonyl (C=O) groups is 2. The molecule has 0 aromatic heterocycles. The molecule has 0 aliphatic carbocycles. The molecule has 0 saturated carbocycles. The summed E-state index contributed by atoms with van der Waals surface area (Å²) in [5, 5.41) is 8.42. The number of carboxylic acid groups (broad SMARTS) is 1. The van der Waals surface area contributed by atoms with Crippen LogP contribution in [-0.2, 0) is 9.59 Å². The second-order valence-corrected chi connectivity index (χ2v) is 2.82. The highest BCUT2D eigenvalue weighted by molar-refractivity contribution is 5.85. The molecular weight excluding hydrogens is 156 g/mol. The van der Waals surface area contributed by atoms with Gasteiger partial charge in [0, 0.05) is 12.0 Å². The van der Waals surface area contributed by atoms with Gasteiger partial charge in [0.05, 0.1) is 0 Å². The van der Waals surface area contributed by atoms with E-state index in [2.05, 4.69) is 6.58 Å². The fraction of sp³-hybridized carbons (Fsp3) is 0.556. The van der Waals surface area contributed by atoms with E-state index in [-0.39, 0.29) is 11.4 Å². The van der Waals surface area contributed by atoms with E-state index in [1.807, 2.05) is 0 Å². The highest BCUT2D eigenvalue weighted by Gasteiger charge is 2.02. The van der Waals surface area contributed by atoms with Crippen molar-refractivity contribution in [2.75, 3.05) is 0 Å². The van der Waals surface area contributed by atoms with Gasteiger partial charge in [0.2, 0.25) is 0 Å². The maximum Gasteiger partial charge on any atom is 0.330 e. The maximum absolute atomic E-state index is 10.5. The van der Waals surface area contributed by atoms with Crippen molar-refractivity contribution < 1.29 is 14.7 Å². The molecule has 0 rings (SSSR count). The SMILES string of the molecule is C=C(CCCCC(C)=O)C(=O)O. The average Bonchev–Trinajstić information content (AvgIpc) is 1.97. The number of carbonyl (C=O) groups excluding carboxylic acids is 1. The van der Waals surface area contributed by atoms with Crippen LogP contribution in [-0.4, -0.2) is 16.9 Å². The van der Waals surface area contributed by atoms with Crippen molar-refractivity contribution in [3.05, 3.63) is 12.2 Å². The molecule has 0 fully saturated rings. The largest absolute Gasteiger partial charge is 0.478 e. The molecule has 0 radical (unpaired) electrons. The number of hydrogen-bond acceptors (Lipinski definition) is 2. The van der Waals surface area contributed by atoms with Gasteiger partial charge in [0.15, 0.2) is 0 Å². The number of unbranched alkanes of at least 4 members (excludes halogenated alkanes) is 1. The van der Waals surface area contributed by atoms with E-state index in [4.69, 9.17) is 5.11 Å². The minimum absolute atomic E-state index is 0.149. The summed E-state index contributed by atoms with van der Waals surface area (Å²) in [5.74, 6) is -0.797. The molecule has 0 heterocycles. The summed E-state index contributed by atoms with van der Waals surface area (Å²) in [5.41, 5.74) is 0.221. The molecule has 0 saturated heterocycles. The molecule has 68 valence electrons. The molecule has 0 unspecified atom stereocenters. The summed E-state index contributed by atoms with van der Waals surface area (Å²) >= 11 is 0. The lowest BCUT2D eigenvalue weighted by Gasteiger charge is -1.98. The summed E-state index contributed by atoms with van der Waals surface area (Å²) in [6.45, 7) is 4.92. The Hall–Kier alpha value is -1.12. The first-order valence-electron chi connectivity index (χ1n) is 3.94. The molecular formula is C9H14O3. The molecule has 3 nitrogen and oxygen atoms in total. The van der Waals surface area contributed by atoms with E-state index < -0.39 is 5.97 Å². The molecule has 0 aromatic rings. The van der Waals surface area contributed by atoms with E-state index >= 15 is 0 Å². The monoisotopic (exact) mass is 170 g/mol. The molecule has 3 heteroatoms. The number of hydrogen-bond donors (Lipinski definition) is 1. The van der Waals surface area contributed by atoms with Crippen LogP contribution in [0.1, 0.15) is 32.6 Å². The predicted molar refractivity (Wildman–Crippen MR) is 45.9 cm³/mol. The van der Waals surface area contributed by atoms with Crippen molar-refractivity contribution in [1.82, 2.24) is 0 Å². The molecule has 0 aliphatic heterocycles. The van der Waals surface area contributed by atoms with Crippen LogP contribution in [0.4, 0.5) is 0 Å². The van der Waals surface area contributed by atoms with Crippen LogP contribution >= 0.6 is 0 Å². The van der Waals surface area contributed by atoms with Gasteiger partial charge in [-0.2, -0.15) is 0 Å². The summed E-state index contributed by atoms with van der Waals surface area (Å²) < 4.78 is 0. The van der Waals surface area contributed by atoms with Gasteiger partial charge in [0.25, 0.3) is 0 Å². The third-order valence-corrected chi connectivity index (χ3v) is 1.56. The van der Waals surface area contributed by atoms with Gasteiger partial charge in [-0.3, -0.25) is 0 Å². The number of rotatable bonds is 6. The lowest BCUT2D eigenvalue weighted by atomic mass is 10.1. The molecule has 0 amide bonds. The van der Waals surface area contributed by atoms with Crippen LogP contribution in [0.15, 0.2) is 12.2 Å². The number of carboxylic acids is 1. The van der Waals surface area contributed by atoms with Gasteiger partial charge >= 0.3 is 5.97 Å². The summed E-state index contributed by atoms with van der Waals surface area (Å²) in [7, 11) is 0. The van der Waals surface area contributed by atoms with Crippen molar-refractivity contribution in [3.8, 4) is 0 Å². The van der Waals surface area contributed by atoms with Crippen LogP contribution in [0.2, 0.25) is 0 Å². The van der Waals surface area contributed by atoms with Crippen LogP contribution in [0.3, 0.4) is 0 Å². The third-order valence-electron chi connectivity index (χ3n) is 1.56. The molecule has 0 aliphatic rings. The second kappa shape index (κ2) is 5.52. The van der Waals surface area contributed by atoms with Gasteiger partial charge in [-0.25, -0.2) is 4.79 Å². The maximum atomic E-state index is 10.5. The number of ketones is 1. The van der Waals surface area contributed by atoms with Crippen molar-refractivity contribution in [2.24, 2.45) is 0 Å². The van der Waals surface area contributed by atoms with Crippen molar-refractivity contribution in [1.29, 1.82) is 0 Å². The van der Waals surface area contributed by atoms with Crippen molar-refractivity contribution in [3.63, 3.8) is 0 Å². The Morgan fingerprint density at radius 2 is 1.75 bits per heavy atom. The van der Waals surface area contributed by atoms with Crippen molar-refractivity contribution >= 4 is 11.8 Å². The highest BCUT2D eigenvalue weighted by atomic mass is 16.4. The van der Waals surface area contributed by atoms with Crippen LogP contribution in [0.5, 0.6) is 0 Å². The fourth-order valence-electron chi connectivity index (χ4n) is 0.819. The molecule has 0 bridgehead atoms. The average molecular weight is 170 g/mol. The van der Waals surface area contributed by atoms with E-state index in [9.17, 15) is 9.59 Å². The third kappa shape index (κ3) is 5.65. The Morgan fingerprint density at radius 1 is 1.25 bits per heavy atom. The van der Waals surface area contributed by atoms with E-state index in [0.717, 1.165) is 12.8 Å². The normalized spacial score (nSPS) is 9.42. The van der Waals surface area contributed by atoms with Gasteiger partial charge in [0.1, 0.15) is 5.78 Å². The lowest BCUT2D eigenvalue weighted by molar-refractivity contribution is -0.132. The molecule has 0 spiro atoms. The fourth-order valence-corrected chi connectivity index (χ4v) is 0.819. The van der Waals surface area contributed by atoms with Gasteiger partial charge in [-0.05, 0) is 26.2 Å². The van der Waals surface area contributed by atoms with E-state index in [1.165, 1.54) is 6.92 Å². The Bertz CT molecular complexity index is 194. The number of Topliss-reactive ketones (excluding diaryl/α,β-unsaturated/α-hetero) is 1. The standard InChI is InChI=1S/C9H14O3/c1-7(9(11)12)5-3-4-6-8(2)10/h1,3-6H2,2H3,(H,11,12). The first kappa shape index (κ1) is 10.9. The first-order valence-corrected chi connectivity index (χ1v) is 3.94. The summed E-state index contributed by atoms with van der Waals surface area (Å²) in [6, 6.07) is 0. The van der Waals surface area contributed by atoms with Gasteiger partial charge < -0.3 is 9.90 Å². The smallest absolute Gasteiger partial charge is 0.330 e. The van der Waals surface area contributed by atoms with Crippen LogP contribution in [0.25, 0.3) is 0 Å². The van der Waals surface area contributed by atoms with Crippen molar-refractivity contribution in [2.45, 2.75) is 32.6 Å². The minimum Gasteiger partial charge on any atom is -0.478 e. The van der Waals surface area contributed by atoms with E-state index in [0.29, 0.717) is 12.8 Å². The Labute approximate surface area is 72.1 Å². The molecule has 0 aromatic carbocycles. The Kier molecular flexibility index (Phi) is 5.00. The van der Waals surface area contributed by atoms with E-state index in [1.54, 1.807) is 0 Å². The molecule has 0 atom stereocenters. The topological polar surface area (TPSA) is 54.4 Å². The predicted octanol–water partition coefficient (Wildman–Crippen LogP) is 1.78. The quantitative estimate of drug-likeness (QED) is 0.488.